The molecule has 0 aromatic rings. The summed E-state index contributed by atoms with van der Waals surface area (Å²) in [6, 6.07) is 0. The summed E-state index contributed by atoms with van der Waals surface area (Å²) in [6.45, 7) is 3.46. The smallest absolute Gasteiger partial charge is 0.141 e. The highest BCUT2D eigenvalue weighted by molar-refractivity contribution is 5.87. The highest BCUT2D eigenvalue weighted by Crippen LogP contribution is 2.64. The number of ether oxygens (including phenoxy) is 1. The number of carbonyl (C=O) groups is 1. The van der Waals surface area contributed by atoms with Crippen molar-refractivity contribution < 1.29 is 14.6 Å². The van der Waals surface area contributed by atoms with Gasteiger partial charge in [0.15, 0.2) is 0 Å². The van der Waals surface area contributed by atoms with E-state index in [1.807, 2.05) is 0 Å². The van der Waals surface area contributed by atoms with Crippen LogP contribution in [0.3, 0.4) is 0 Å². The summed E-state index contributed by atoms with van der Waals surface area (Å²) in [5.74, 6) is 2.36. The largest absolute Gasteiger partial charge is 0.394 e. The zero-order chi connectivity index (χ0) is 16.8. The van der Waals surface area contributed by atoms with Crippen LogP contribution >= 0.6 is 0 Å². The van der Waals surface area contributed by atoms with Gasteiger partial charge in [-0.25, -0.2) is 0 Å². The molecule has 4 rings (SSSR count). The number of aliphatic hydroxyl groups excluding tert-OH is 1. The number of rotatable bonds is 4. The molecule has 0 amide bonds. The lowest BCUT2D eigenvalue weighted by Crippen LogP contribution is -2.52. The Morgan fingerprint density at radius 2 is 2.08 bits per heavy atom. The Bertz CT molecular complexity index is 539. The number of Topliss-reactive ketones (excluding diaryl/α,β-unsaturated/α-hetero) is 1. The van der Waals surface area contributed by atoms with Gasteiger partial charge in [0.05, 0.1) is 25.2 Å². The van der Waals surface area contributed by atoms with E-state index in [9.17, 15) is 4.79 Å². The number of aliphatic hydroxyl groups is 1. The first kappa shape index (κ1) is 16.8. The molecule has 5 atom stereocenters. The standard InChI is InChI=1S/C21H32O3/c1-20-10-3-2-4-15(20)5-6-16-17(20)9-11-21(14-24-13-12-22)18(16)7-8-19(21)23/h5,16-18,22H,2-4,6-14H2,1H3/t16-,17+,18+,20+,21-/m1/s1. The van der Waals surface area contributed by atoms with Crippen LogP contribution < -0.4 is 0 Å². The molecular formula is C21H32O3. The molecule has 0 spiro atoms. The number of fused-ring (bicyclic) bond motifs is 5. The van der Waals surface area contributed by atoms with Crippen molar-refractivity contribution in [3.05, 3.63) is 11.6 Å². The molecule has 1 N–H and O–H groups in total. The van der Waals surface area contributed by atoms with E-state index in [0.717, 1.165) is 25.2 Å². The fourth-order valence-corrected chi connectivity index (χ4v) is 6.86. The third-order valence-electron chi connectivity index (χ3n) is 8.06. The second-order valence-electron chi connectivity index (χ2n) is 8.90. The number of allylic oxidation sites excluding steroid dienone is 2. The van der Waals surface area contributed by atoms with Crippen molar-refractivity contribution in [3.8, 4) is 0 Å². The van der Waals surface area contributed by atoms with Gasteiger partial charge in [-0.3, -0.25) is 4.79 Å². The van der Waals surface area contributed by atoms with Crippen LogP contribution in [0, 0.1) is 28.6 Å². The summed E-state index contributed by atoms with van der Waals surface area (Å²) >= 11 is 0. The van der Waals surface area contributed by atoms with E-state index >= 15 is 0 Å². The monoisotopic (exact) mass is 332 g/mol. The van der Waals surface area contributed by atoms with E-state index in [-0.39, 0.29) is 12.0 Å². The molecule has 3 heteroatoms. The highest BCUT2D eigenvalue weighted by atomic mass is 16.5. The zero-order valence-corrected chi connectivity index (χ0v) is 15.1. The van der Waals surface area contributed by atoms with E-state index in [2.05, 4.69) is 13.0 Å². The Morgan fingerprint density at radius 3 is 2.92 bits per heavy atom. The first-order valence-corrected chi connectivity index (χ1v) is 10.0. The molecule has 0 aromatic heterocycles. The molecule has 0 saturated heterocycles. The predicted octanol–water partition coefficient (Wildman–Crippen LogP) is 3.90. The van der Waals surface area contributed by atoms with Crippen LogP contribution in [0.1, 0.15) is 64.7 Å². The minimum atomic E-state index is -0.243. The normalized spacial score (nSPS) is 44.5. The maximum Gasteiger partial charge on any atom is 0.141 e. The second kappa shape index (κ2) is 6.25. The Labute approximate surface area is 145 Å². The van der Waals surface area contributed by atoms with E-state index in [4.69, 9.17) is 9.84 Å². The lowest BCUT2D eigenvalue weighted by atomic mass is 9.48. The van der Waals surface area contributed by atoms with Crippen LogP contribution in [0.25, 0.3) is 0 Å². The van der Waals surface area contributed by atoms with Gasteiger partial charge in [0.25, 0.3) is 0 Å². The van der Waals surface area contributed by atoms with Crippen molar-refractivity contribution in [2.24, 2.45) is 28.6 Å². The topological polar surface area (TPSA) is 46.5 Å². The van der Waals surface area contributed by atoms with Crippen LogP contribution in [0.15, 0.2) is 11.6 Å². The maximum atomic E-state index is 12.8. The molecular weight excluding hydrogens is 300 g/mol. The van der Waals surface area contributed by atoms with Crippen LogP contribution in [0.2, 0.25) is 0 Å². The Kier molecular flexibility index (Phi) is 4.37. The van der Waals surface area contributed by atoms with Crippen LogP contribution in [0.4, 0.5) is 0 Å². The van der Waals surface area contributed by atoms with Crippen molar-refractivity contribution in [3.63, 3.8) is 0 Å². The molecule has 3 nitrogen and oxygen atoms in total. The molecule has 3 fully saturated rings. The quantitative estimate of drug-likeness (QED) is 0.627. The molecule has 0 aliphatic heterocycles. The van der Waals surface area contributed by atoms with Crippen molar-refractivity contribution in [2.75, 3.05) is 19.8 Å². The minimum absolute atomic E-state index is 0.0468. The average molecular weight is 332 g/mol. The van der Waals surface area contributed by atoms with Gasteiger partial charge in [0.1, 0.15) is 5.78 Å². The molecule has 0 bridgehead atoms. The molecule has 0 unspecified atom stereocenters. The van der Waals surface area contributed by atoms with E-state index in [1.165, 1.54) is 38.5 Å². The molecule has 0 aromatic carbocycles. The first-order valence-electron chi connectivity index (χ1n) is 10.0. The molecule has 134 valence electrons. The third kappa shape index (κ3) is 2.34. The summed E-state index contributed by atoms with van der Waals surface area (Å²) in [6.07, 6.45) is 13.1. The van der Waals surface area contributed by atoms with Gasteiger partial charge in [-0.15, -0.1) is 0 Å². The molecule has 4 aliphatic rings. The molecule has 0 heterocycles. The average Bonchev–Trinajstić information content (AvgIpc) is 2.92. The fourth-order valence-electron chi connectivity index (χ4n) is 6.86. The van der Waals surface area contributed by atoms with E-state index in [1.54, 1.807) is 5.57 Å². The van der Waals surface area contributed by atoms with Crippen molar-refractivity contribution in [2.45, 2.75) is 64.7 Å². The summed E-state index contributed by atoms with van der Waals surface area (Å²) < 4.78 is 5.72. The van der Waals surface area contributed by atoms with Gasteiger partial charge >= 0.3 is 0 Å². The van der Waals surface area contributed by atoms with Crippen molar-refractivity contribution >= 4 is 5.78 Å². The van der Waals surface area contributed by atoms with Gasteiger partial charge in [-0.2, -0.15) is 0 Å². The molecule has 0 radical (unpaired) electrons. The minimum Gasteiger partial charge on any atom is -0.394 e. The predicted molar refractivity (Wildman–Crippen MR) is 93.6 cm³/mol. The van der Waals surface area contributed by atoms with Crippen molar-refractivity contribution in [1.29, 1.82) is 0 Å². The molecule has 3 saturated carbocycles. The van der Waals surface area contributed by atoms with Gasteiger partial charge in [0, 0.05) is 6.42 Å². The van der Waals surface area contributed by atoms with Gasteiger partial charge in [-0.05, 0) is 68.1 Å². The third-order valence-corrected chi connectivity index (χ3v) is 8.06. The van der Waals surface area contributed by atoms with Gasteiger partial charge in [0.2, 0.25) is 0 Å². The Hall–Kier alpha value is -0.670. The SMILES string of the molecule is C[C@]12CCCCC1=CC[C@H]1[C@@H]3CCC(=O)[C@@]3(COCCO)CC[C@@H]12. The maximum absolute atomic E-state index is 12.8. The lowest BCUT2D eigenvalue weighted by molar-refractivity contribution is -0.141. The first-order chi connectivity index (χ1) is 11.6. The van der Waals surface area contributed by atoms with Crippen LogP contribution in [0.5, 0.6) is 0 Å². The van der Waals surface area contributed by atoms with Gasteiger partial charge in [-0.1, -0.05) is 25.0 Å². The van der Waals surface area contributed by atoms with Crippen LogP contribution in [-0.2, 0) is 9.53 Å². The summed E-state index contributed by atoms with van der Waals surface area (Å²) in [4.78, 5) is 12.8. The lowest BCUT2D eigenvalue weighted by Gasteiger charge is -2.56. The highest BCUT2D eigenvalue weighted by Gasteiger charge is 2.60. The summed E-state index contributed by atoms with van der Waals surface area (Å²) in [5, 5.41) is 9.03. The fraction of sp³-hybridized carbons (Fsp3) is 0.857. The number of ketones is 1. The van der Waals surface area contributed by atoms with E-state index < -0.39 is 0 Å². The Balaban J connectivity index is 1.62. The molecule has 4 aliphatic carbocycles. The second-order valence-corrected chi connectivity index (χ2v) is 8.90. The van der Waals surface area contributed by atoms with Gasteiger partial charge < -0.3 is 9.84 Å². The van der Waals surface area contributed by atoms with E-state index in [0.29, 0.717) is 36.2 Å². The Morgan fingerprint density at radius 1 is 1.21 bits per heavy atom. The number of hydrogen-bond donors (Lipinski definition) is 1. The summed E-state index contributed by atoms with van der Waals surface area (Å²) in [5.41, 5.74) is 1.88. The van der Waals surface area contributed by atoms with Crippen LogP contribution in [-0.4, -0.2) is 30.7 Å². The zero-order valence-electron chi connectivity index (χ0n) is 15.1. The summed E-state index contributed by atoms with van der Waals surface area (Å²) in [7, 11) is 0. The number of hydrogen-bond acceptors (Lipinski definition) is 3. The number of carbonyl (C=O) groups excluding carboxylic acids is 1. The molecule has 24 heavy (non-hydrogen) atoms. The van der Waals surface area contributed by atoms with Crippen molar-refractivity contribution in [1.82, 2.24) is 0 Å².